The van der Waals surface area contributed by atoms with Crippen LogP contribution in [0.2, 0.25) is 0 Å². The van der Waals surface area contributed by atoms with Gasteiger partial charge in [-0.05, 0) is 74.0 Å². The number of benzene rings is 1. The van der Waals surface area contributed by atoms with Crippen molar-refractivity contribution < 1.29 is 8.78 Å². The molecule has 1 N–H and O–H groups in total. The zero-order valence-corrected chi connectivity index (χ0v) is 14.7. The second kappa shape index (κ2) is 7.11. The Labute approximate surface area is 137 Å². The van der Waals surface area contributed by atoms with E-state index in [1.54, 1.807) is 0 Å². The topological polar surface area (TPSA) is 12.0 Å². The monoisotopic (exact) mass is 423 g/mol. The number of hydrogen-bond acceptors (Lipinski definition) is 2. The smallest absolute Gasteiger partial charge is 0.145 e. The number of thiophene rings is 1. The molecule has 20 heavy (non-hydrogen) atoms. The van der Waals surface area contributed by atoms with Crippen molar-refractivity contribution in [2.75, 3.05) is 6.54 Å². The first kappa shape index (κ1) is 16.1. The minimum Gasteiger partial charge on any atom is -0.306 e. The van der Waals surface area contributed by atoms with Gasteiger partial charge in [0.15, 0.2) is 0 Å². The van der Waals surface area contributed by atoms with Crippen molar-refractivity contribution in [2.24, 2.45) is 0 Å². The van der Waals surface area contributed by atoms with Crippen LogP contribution in [0.5, 0.6) is 0 Å². The van der Waals surface area contributed by atoms with Gasteiger partial charge in [-0.15, -0.1) is 11.3 Å². The largest absolute Gasteiger partial charge is 0.306 e. The Morgan fingerprint density at radius 2 is 2.05 bits per heavy atom. The third kappa shape index (κ3) is 3.47. The molecule has 108 valence electrons. The molecule has 2 aromatic rings. The van der Waals surface area contributed by atoms with Crippen LogP contribution in [0.25, 0.3) is 0 Å². The summed E-state index contributed by atoms with van der Waals surface area (Å²) >= 11 is 8.00. The van der Waals surface area contributed by atoms with Crippen molar-refractivity contribution >= 4 is 43.2 Å². The first-order valence-corrected chi connectivity index (χ1v) is 8.61. The van der Waals surface area contributed by atoms with Crippen LogP contribution in [0.4, 0.5) is 8.78 Å². The van der Waals surface area contributed by atoms with E-state index in [1.165, 1.54) is 23.5 Å². The summed E-state index contributed by atoms with van der Waals surface area (Å²) in [6.07, 6.45) is 0.888. The van der Waals surface area contributed by atoms with Crippen LogP contribution >= 0.6 is 43.2 Å². The fourth-order valence-corrected chi connectivity index (χ4v) is 3.50. The molecule has 0 amide bonds. The van der Waals surface area contributed by atoms with Gasteiger partial charge in [-0.25, -0.2) is 8.78 Å². The molecule has 1 heterocycles. The highest BCUT2D eigenvalue weighted by molar-refractivity contribution is 9.11. The van der Waals surface area contributed by atoms with Crippen LogP contribution in [-0.4, -0.2) is 6.54 Å². The highest BCUT2D eigenvalue weighted by Crippen LogP contribution is 2.34. The SMILES string of the molecule is CCCNC(c1csc(Br)c1)c1c(F)ccc(Br)c1F. The average Bonchev–Trinajstić information content (AvgIpc) is 2.84. The Bertz CT molecular complexity index is 601. The summed E-state index contributed by atoms with van der Waals surface area (Å²) in [5, 5.41) is 5.11. The molecule has 0 spiro atoms. The van der Waals surface area contributed by atoms with Crippen molar-refractivity contribution in [3.8, 4) is 0 Å². The highest BCUT2D eigenvalue weighted by atomic mass is 79.9. The van der Waals surface area contributed by atoms with Gasteiger partial charge in [-0.3, -0.25) is 0 Å². The predicted molar refractivity (Wildman–Crippen MR) is 86.2 cm³/mol. The predicted octanol–water partition coefficient (Wildman–Crippen LogP) is 5.64. The summed E-state index contributed by atoms with van der Waals surface area (Å²) in [5.74, 6) is -1.09. The Balaban J connectivity index is 2.49. The van der Waals surface area contributed by atoms with Gasteiger partial charge in [-0.1, -0.05) is 6.92 Å². The van der Waals surface area contributed by atoms with E-state index < -0.39 is 17.7 Å². The Kier molecular flexibility index (Phi) is 5.72. The molecule has 0 aliphatic carbocycles. The fourth-order valence-electron chi connectivity index (χ4n) is 1.96. The zero-order chi connectivity index (χ0) is 14.7. The van der Waals surface area contributed by atoms with Gasteiger partial charge >= 0.3 is 0 Å². The van der Waals surface area contributed by atoms with Gasteiger partial charge in [-0.2, -0.15) is 0 Å². The molecule has 0 aliphatic heterocycles. The van der Waals surface area contributed by atoms with Gasteiger partial charge in [0.25, 0.3) is 0 Å². The number of halogens is 4. The lowest BCUT2D eigenvalue weighted by Crippen LogP contribution is -2.25. The lowest BCUT2D eigenvalue weighted by atomic mass is 10.00. The zero-order valence-electron chi connectivity index (χ0n) is 10.7. The second-order valence-electron chi connectivity index (χ2n) is 4.33. The first-order chi connectivity index (χ1) is 9.54. The lowest BCUT2D eigenvalue weighted by molar-refractivity contribution is 0.501. The molecule has 0 bridgehead atoms. The molecule has 0 fully saturated rings. The summed E-state index contributed by atoms with van der Waals surface area (Å²) in [7, 11) is 0. The maximum absolute atomic E-state index is 14.3. The summed E-state index contributed by atoms with van der Waals surface area (Å²) in [6.45, 7) is 2.70. The standard InChI is InChI=1S/C14H13Br2F2NS/c1-2-5-19-14(8-6-11(16)20-7-8)12-10(17)4-3-9(15)13(12)18/h3-4,6-7,14,19H,2,5H2,1H3. The molecule has 1 nitrogen and oxygen atoms in total. The van der Waals surface area contributed by atoms with E-state index >= 15 is 0 Å². The van der Waals surface area contributed by atoms with Crippen LogP contribution in [0.1, 0.15) is 30.5 Å². The van der Waals surface area contributed by atoms with Crippen molar-refractivity contribution in [3.05, 3.63) is 54.6 Å². The maximum Gasteiger partial charge on any atom is 0.145 e. The molecular formula is C14H13Br2F2NS. The Morgan fingerprint density at radius 3 is 2.65 bits per heavy atom. The molecular weight excluding hydrogens is 412 g/mol. The molecule has 2 rings (SSSR count). The molecule has 0 saturated heterocycles. The number of nitrogens with one attached hydrogen (secondary N) is 1. The maximum atomic E-state index is 14.3. The summed E-state index contributed by atoms with van der Waals surface area (Å²) in [6, 6.07) is 4.06. The fraction of sp³-hybridized carbons (Fsp3) is 0.286. The van der Waals surface area contributed by atoms with E-state index in [2.05, 4.69) is 37.2 Å². The van der Waals surface area contributed by atoms with Crippen LogP contribution in [0.3, 0.4) is 0 Å². The van der Waals surface area contributed by atoms with Crippen LogP contribution < -0.4 is 5.32 Å². The summed E-state index contributed by atoms with van der Waals surface area (Å²) < 4.78 is 29.6. The van der Waals surface area contributed by atoms with Crippen LogP contribution in [0, 0.1) is 11.6 Å². The van der Waals surface area contributed by atoms with E-state index in [0.29, 0.717) is 6.54 Å². The third-order valence-corrected chi connectivity index (χ3v) is 5.02. The van der Waals surface area contributed by atoms with Crippen molar-refractivity contribution in [1.82, 2.24) is 5.32 Å². The van der Waals surface area contributed by atoms with E-state index in [4.69, 9.17) is 0 Å². The highest BCUT2D eigenvalue weighted by Gasteiger charge is 2.24. The Hall–Kier alpha value is -0.300. The molecule has 0 radical (unpaired) electrons. The number of hydrogen-bond donors (Lipinski definition) is 1. The average molecular weight is 425 g/mol. The third-order valence-electron chi connectivity index (χ3n) is 2.89. The van der Waals surface area contributed by atoms with Gasteiger partial charge < -0.3 is 5.32 Å². The number of rotatable bonds is 5. The van der Waals surface area contributed by atoms with E-state index in [9.17, 15) is 8.78 Å². The molecule has 1 atom stereocenters. The summed E-state index contributed by atoms with van der Waals surface area (Å²) in [4.78, 5) is 0. The molecule has 6 heteroatoms. The van der Waals surface area contributed by atoms with E-state index in [1.807, 2.05) is 18.4 Å². The van der Waals surface area contributed by atoms with E-state index in [0.717, 1.165) is 15.8 Å². The molecule has 1 unspecified atom stereocenters. The lowest BCUT2D eigenvalue weighted by Gasteiger charge is -2.20. The normalized spacial score (nSPS) is 12.7. The first-order valence-electron chi connectivity index (χ1n) is 6.15. The quantitative estimate of drug-likeness (QED) is 0.612. The van der Waals surface area contributed by atoms with Crippen molar-refractivity contribution in [2.45, 2.75) is 19.4 Å². The van der Waals surface area contributed by atoms with Crippen LogP contribution in [-0.2, 0) is 0 Å². The minimum absolute atomic E-state index is 0.0538. The minimum atomic E-state index is -0.555. The second-order valence-corrected chi connectivity index (χ2v) is 7.47. The molecule has 0 saturated carbocycles. The van der Waals surface area contributed by atoms with Gasteiger partial charge in [0.05, 0.1) is 14.3 Å². The van der Waals surface area contributed by atoms with E-state index in [-0.39, 0.29) is 10.0 Å². The molecule has 1 aromatic heterocycles. The molecule has 0 aliphatic rings. The van der Waals surface area contributed by atoms with Gasteiger partial charge in [0.2, 0.25) is 0 Å². The summed E-state index contributed by atoms with van der Waals surface area (Å²) in [5.41, 5.74) is 0.907. The van der Waals surface area contributed by atoms with Crippen LogP contribution in [0.15, 0.2) is 31.8 Å². The van der Waals surface area contributed by atoms with Gasteiger partial charge in [0.1, 0.15) is 11.6 Å². The molecule has 1 aromatic carbocycles. The van der Waals surface area contributed by atoms with Gasteiger partial charge in [0, 0.05) is 5.56 Å². The Morgan fingerprint density at radius 1 is 1.30 bits per heavy atom. The van der Waals surface area contributed by atoms with Crippen molar-refractivity contribution in [1.29, 1.82) is 0 Å². The van der Waals surface area contributed by atoms with Crippen molar-refractivity contribution in [3.63, 3.8) is 0 Å².